The Bertz CT molecular complexity index is 573. The molecule has 1 fully saturated rings. The van der Waals surface area contributed by atoms with E-state index in [0.29, 0.717) is 12.3 Å². The van der Waals surface area contributed by atoms with Crippen LogP contribution in [0.25, 0.3) is 0 Å². The van der Waals surface area contributed by atoms with Gasteiger partial charge in [0, 0.05) is 32.6 Å². The summed E-state index contributed by atoms with van der Waals surface area (Å²) >= 11 is 0. The lowest BCUT2D eigenvalue weighted by atomic mass is 9.96. The molecule has 1 heterocycles. The zero-order valence-corrected chi connectivity index (χ0v) is 16.5. The Morgan fingerprint density at radius 1 is 1.46 bits per heavy atom. The molecule has 0 bridgehead atoms. The zero-order valence-electron chi connectivity index (χ0n) is 16.5. The van der Waals surface area contributed by atoms with Gasteiger partial charge in [-0.05, 0) is 62.8 Å². The molecule has 0 saturated carbocycles. The van der Waals surface area contributed by atoms with Crippen LogP contribution >= 0.6 is 0 Å². The molecule has 1 atom stereocenters. The van der Waals surface area contributed by atoms with Crippen LogP contribution in [0.15, 0.2) is 36.9 Å². The molecule has 0 aromatic heterocycles. The summed E-state index contributed by atoms with van der Waals surface area (Å²) < 4.78 is 5.31. The van der Waals surface area contributed by atoms with Crippen molar-refractivity contribution in [1.29, 1.82) is 0 Å². The van der Waals surface area contributed by atoms with Crippen LogP contribution < -0.4 is 4.74 Å². The Hall–Kier alpha value is -1.81. The average Bonchev–Trinajstić information content (AvgIpc) is 2.69. The van der Waals surface area contributed by atoms with Gasteiger partial charge in [-0.3, -0.25) is 4.79 Å². The largest absolute Gasteiger partial charge is 0.497 e. The molecular formula is C22H34N2O2. The molecule has 0 spiro atoms. The molecule has 0 unspecified atom stereocenters. The fraction of sp³-hybridized carbons (Fsp3) is 0.591. The second kappa shape index (κ2) is 11.0. The number of methoxy groups -OCH3 is 1. The van der Waals surface area contributed by atoms with Gasteiger partial charge in [-0.1, -0.05) is 18.2 Å². The quantitative estimate of drug-likeness (QED) is 0.597. The summed E-state index contributed by atoms with van der Waals surface area (Å²) in [5.41, 5.74) is 1.32. The number of rotatable bonds is 10. The summed E-state index contributed by atoms with van der Waals surface area (Å²) in [5, 5.41) is 0. The minimum absolute atomic E-state index is 0.265. The lowest BCUT2D eigenvalue weighted by molar-refractivity contribution is -0.131. The molecule has 0 aliphatic carbocycles. The predicted octanol–water partition coefficient (Wildman–Crippen LogP) is 3.76. The van der Waals surface area contributed by atoms with Crippen molar-refractivity contribution in [3.05, 3.63) is 42.5 Å². The van der Waals surface area contributed by atoms with E-state index in [1.807, 2.05) is 17.0 Å². The van der Waals surface area contributed by atoms with Crippen molar-refractivity contribution in [3.63, 3.8) is 0 Å². The van der Waals surface area contributed by atoms with E-state index in [1.165, 1.54) is 18.4 Å². The maximum Gasteiger partial charge on any atom is 0.222 e. The van der Waals surface area contributed by atoms with Gasteiger partial charge in [0.15, 0.2) is 0 Å². The lowest BCUT2D eigenvalue weighted by Crippen LogP contribution is -2.43. The number of nitrogens with zero attached hydrogens (tertiary/aromatic N) is 2. The minimum atomic E-state index is 0.265. The van der Waals surface area contributed by atoms with Gasteiger partial charge >= 0.3 is 0 Å². The van der Waals surface area contributed by atoms with Crippen LogP contribution in [-0.4, -0.2) is 55.5 Å². The molecule has 1 aromatic rings. The molecule has 4 heteroatoms. The number of piperidine rings is 1. The topological polar surface area (TPSA) is 32.8 Å². The molecule has 1 aliphatic rings. The van der Waals surface area contributed by atoms with Gasteiger partial charge in [0.25, 0.3) is 0 Å². The molecule has 1 aliphatic heterocycles. The number of amides is 1. The first-order valence-corrected chi connectivity index (χ1v) is 9.90. The normalized spacial score (nSPS) is 17.7. The highest BCUT2D eigenvalue weighted by Gasteiger charge is 2.23. The van der Waals surface area contributed by atoms with E-state index in [2.05, 4.69) is 36.6 Å². The first-order valence-electron chi connectivity index (χ1n) is 9.90. The van der Waals surface area contributed by atoms with Crippen LogP contribution in [0.2, 0.25) is 0 Å². The summed E-state index contributed by atoms with van der Waals surface area (Å²) in [7, 11) is 1.71. The number of carbonyl (C=O) groups excluding carboxylic acids is 1. The minimum Gasteiger partial charge on any atom is -0.497 e. The number of hydrogen-bond acceptors (Lipinski definition) is 3. The number of hydrogen-bond donors (Lipinski definition) is 0. The summed E-state index contributed by atoms with van der Waals surface area (Å²) in [4.78, 5) is 16.9. The fourth-order valence-corrected chi connectivity index (χ4v) is 3.72. The van der Waals surface area contributed by atoms with Gasteiger partial charge < -0.3 is 14.5 Å². The van der Waals surface area contributed by atoms with Crippen LogP contribution in [0.1, 0.15) is 38.2 Å². The average molecular weight is 359 g/mol. The summed E-state index contributed by atoms with van der Waals surface area (Å²) in [5.74, 6) is 1.78. The first-order chi connectivity index (χ1) is 12.7. The summed E-state index contributed by atoms with van der Waals surface area (Å²) in [6.07, 6.45) is 6.67. The van der Waals surface area contributed by atoms with Crippen LogP contribution in [0.4, 0.5) is 0 Å². The molecule has 2 rings (SSSR count). The van der Waals surface area contributed by atoms with Crippen LogP contribution in [-0.2, 0) is 11.2 Å². The van der Waals surface area contributed by atoms with Crippen molar-refractivity contribution >= 4 is 5.91 Å². The number of likely N-dealkylation sites (tertiary alicyclic amines) is 1. The van der Waals surface area contributed by atoms with Crippen molar-refractivity contribution in [3.8, 4) is 5.75 Å². The SMILES string of the molecule is C=CCCC(=O)N(CC)C[C@H]1CCCN(CCc2cccc(OC)c2)C1. The van der Waals surface area contributed by atoms with E-state index in [1.54, 1.807) is 7.11 Å². The van der Waals surface area contributed by atoms with Crippen LogP contribution in [0, 0.1) is 5.92 Å². The van der Waals surface area contributed by atoms with Crippen molar-refractivity contribution in [1.82, 2.24) is 9.80 Å². The van der Waals surface area contributed by atoms with Crippen LogP contribution in [0.3, 0.4) is 0 Å². The van der Waals surface area contributed by atoms with Crippen molar-refractivity contribution < 1.29 is 9.53 Å². The first kappa shape index (κ1) is 20.5. The summed E-state index contributed by atoms with van der Waals surface area (Å²) in [6, 6.07) is 8.34. The fourth-order valence-electron chi connectivity index (χ4n) is 3.72. The molecular weight excluding hydrogens is 324 g/mol. The number of carbonyl (C=O) groups is 1. The maximum absolute atomic E-state index is 12.3. The van der Waals surface area contributed by atoms with Gasteiger partial charge in [-0.25, -0.2) is 0 Å². The Kier molecular flexibility index (Phi) is 8.69. The van der Waals surface area contributed by atoms with Gasteiger partial charge in [-0.15, -0.1) is 6.58 Å². The number of allylic oxidation sites excluding steroid dienone is 1. The Morgan fingerprint density at radius 2 is 2.31 bits per heavy atom. The third-order valence-corrected chi connectivity index (χ3v) is 5.23. The predicted molar refractivity (Wildman–Crippen MR) is 108 cm³/mol. The highest BCUT2D eigenvalue weighted by Crippen LogP contribution is 2.19. The molecule has 0 N–H and O–H groups in total. The summed E-state index contributed by atoms with van der Waals surface area (Å²) in [6.45, 7) is 10.8. The van der Waals surface area contributed by atoms with E-state index in [0.717, 1.165) is 51.3 Å². The second-order valence-corrected chi connectivity index (χ2v) is 7.17. The molecule has 144 valence electrons. The maximum atomic E-state index is 12.3. The Morgan fingerprint density at radius 3 is 3.04 bits per heavy atom. The van der Waals surface area contributed by atoms with Crippen LogP contribution in [0.5, 0.6) is 5.75 Å². The molecule has 1 amide bonds. The van der Waals surface area contributed by atoms with Gasteiger partial charge in [-0.2, -0.15) is 0 Å². The van der Waals surface area contributed by atoms with E-state index in [-0.39, 0.29) is 5.91 Å². The van der Waals surface area contributed by atoms with Crippen molar-refractivity contribution in [2.24, 2.45) is 5.92 Å². The Labute approximate surface area is 158 Å². The molecule has 0 radical (unpaired) electrons. The van der Waals surface area contributed by atoms with E-state index in [9.17, 15) is 4.79 Å². The third-order valence-electron chi connectivity index (χ3n) is 5.23. The van der Waals surface area contributed by atoms with E-state index in [4.69, 9.17) is 4.74 Å². The van der Waals surface area contributed by atoms with Crippen molar-refractivity contribution in [2.45, 2.75) is 39.0 Å². The molecule has 4 nitrogen and oxygen atoms in total. The highest BCUT2D eigenvalue weighted by atomic mass is 16.5. The van der Waals surface area contributed by atoms with E-state index >= 15 is 0 Å². The van der Waals surface area contributed by atoms with E-state index < -0.39 is 0 Å². The monoisotopic (exact) mass is 358 g/mol. The standard InChI is InChI=1S/C22H34N2O2/c1-4-6-12-22(25)24(5-2)18-20-10-8-14-23(17-20)15-13-19-9-7-11-21(16-19)26-3/h4,7,9,11,16,20H,1,5-6,8,10,12-15,17-18H2,2-3H3/t20-/m0/s1. The van der Waals surface area contributed by atoms with Crippen molar-refractivity contribution in [2.75, 3.05) is 39.8 Å². The molecule has 1 saturated heterocycles. The number of benzene rings is 1. The lowest BCUT2D eigenvalue weighted by Gasteiger charge is -2.35. The van der Waals surface area contributed by atoms with Gasteiger partial charge in [0.1, 0.15) is 5.75 Å². The smallest absolute Gasteiger partial charge is 0.222 e. The highest BCUT2D eigenvalue weighted by molar-refractivity contribution is 5.76. The number of ether oxygens (including phenoxy) is 1. The molecule has 1 aromatic carbocycles. The van der Waals surface area contributed by atoms with Gasteiger partial charge in [0.05, 0.1) is 7.11 Å². The Balaban J connectivity index is 1.81. The third kappa shape index (κ3) is 6.49. The second-order valence-electron chi connectivity index (χ2n) is 7.17. The molecule has 26 heavy (non-hydrogen) atoms. The van der Waals surface area contributed by atoms with Gasteiger partial charge in [0.2, 0.25) is 5.91 Å². The zero-order chi connectivity index (χ0) is 18.8.